The van der Waals surface area contributed by atoms with E-state index in [1.165, 1.54) is 0 Å². The maximum absolute atomic E-state index is 12.1. The SMILES string of the molecule is CCC(C)(C)C(=O)NCCNC(=O)Cc1nc(C(Cl)(Cl)Cl)nc(C(Cl)(Cl)Cl)n1. The smallest absolute Gasteiger partial charge is 0.250 e. The van der Waals surface area contributed by atoms with E-state index in [4.69, 9.17) is 69.6 Å². The number of hydrogen-bond acceptors (Lipinski definition) is 5. The summed E-state index contributed by atoms with van der Waals surface area (Å²) in [4.78, 5) is 35.8. The zero-order valence-corrected chi connectivity index (χ0v) is 19.8. The van der Waals surface area contributed by atoms with Crippen molar-refractivity contribution in [2.24, 2.45) is 5.41 Å². The summed E-state index contributed by atoms with van der Waals surface area (Å²) in [6.07, 6.45) is 0.431. The Kier molecular flexibility index (Phi) is 9.31. The van der Waals surface area contributed by atoms with Crippen molar-refractivity contribution in [3.8, 4) is 0 Å². The molecule has 0 aliphatic heterocycles. The highest BCUT2D eigenvalue weighted by atomic mass is 35.6. The normalized spacial score (nSPS) is 12.6. The summed E-state index contributed by atoms with van der Waals surface area (Å²) in [6, 6.07) is 0. The molecule has 28 heavy (non-hydrogen) atoms. The third-order valence-corrected chi connectivity index (χ3v) is 4.75. The standard InChI is InChI=1S/C15H19Cl6N5O2/c1-4-13(2,3)12(28)23-6-5-22-9(27)7-8-24-10(14(16,17)18)26-11(25-8)15(19,20)21/h4-7H2,1-3H3,(H,22,27)(H,23,28). The first-order valence-corrected chi connectivity index (χ1v) is 10.4. The largest absolute Gasteiger partial charge is 0.354 e. The molecule has 13 heteroatoms. The Labute approximate surface area is 193 Å². The number of hydrogen-bond donors (Lipinski definition) is 2. The number of amides is 2. The molecule has 0 atom stereocenters. The molecule has 7 nitrogen and oxygen atoms in total. The number of nitrogens with zero attached hydrogens (tertiary/aromatic N) is 3. The third kappa shape index (κ3) is 8.20. The van der Waals surface area contributed by atoms with E-state index in [0.717, 1.165) is 0 Å². The molecular formula is C15H19Cl6N5O2. The molecule has 0 aliphatic carbocycles. The highest BCUT2D eigenvalue weighted by molar-refractivity contribution is 6.67. The summed E-state index contributed by atoms with van der Waals surface area (Å²) in [5.74, 6) is -1.11. The van der Waals surface area contributed by atoms with Gasteiger partial charge in [0, 0.05) is 18.5 Å². The van der Waals surface area contributed by atoms with Crippen molar-refractivity contribution in [3.05, 3.63) is 17.5 Å². The Hall–Kier alpha value is -0.310. The number of rotatable bonds is 7. The molecule has 2 amide bonds. The van der Waals surface area contributed by atoms with Crippen molar-refractivity contribution < 1.29 is 9.59 Å². The zero-order valence-electron chi connectivity index (χ0n) is 15.3. The Bertz CT molecular complexity index is 686. The molecule has 0 unspecified atom stereocenters. The quantitative estimate of drug-likeness (QED) is 0.427. The second-order valence-corrected chi connectivity index (χ2v) is 11.0. The van der Waals surface area contributed by atoms with Crippen LogP contribution in [0.25, 0.3) is 0 Å². The van der Waals surface area contributed by atoms with Gasteiger partial charge in [-0.2, -0.15) is 0 Å². The summed E-state index contributed by atoms with van der Waals surface area (Å²) in [7, 11) is 0. The van der Waals surface area contributed by atoms with E-state index in [0.29, 0.717) is 6.42 Å². The maximum Gasteiger partial charge on any atom is 0.250 e. The number of carbonyl (C=O) groups excluding carboxylic acids is 2. The minimum absolute atomic E-state index is 0.0358. The zero-order chi connectivity index (χ0) is 21.8. The molecule has 158 valence electrons. The number of nitrogens with one attached hydrogen (secondary N) is 2. The number of halogens is 6. The van der Waals surface area contributed by atoms with E-state index in [1.807, 2.05) is 20.8 Å². The molecular weight excluding hydrogens is 495 g/mol. The van der Waals surface area contributed by atoms with Crippen molar-refractivity contribution in [2.75, 3.05) is 13.1 Å². The Morgan fingerprint density at radius 1 is 0.857 bits per heavy atom. The van der Waals surface area contributed by atoms with Crippen molar-refractivity contribution in [2.45, 2.75) is 41.2 Å². The first-order chi connectivity index (χ1) is 12.7. The van der Waals surface area contributed by atoms with Crippen LogP contribution in [0.5, 0.6) is 0 Å². The van der Waals surface area contributed by atoms with E-state index in [9.17, 15) is 9.59 Å². The molecule has 1 rings (SSSR count). The number of carbonyl (C=O) groups is 2. The van der Waals surface area contributed by atoms with Gasteiger partial charge >= 0.3 is 0 Å². The van der Waals surface area contributed by atoms with Gasteiger partial charge in [-0.3, -0.25) is 9.59 Å². The molecule has 1 aromatic rings. The second-order valence-electron chi connectivity index (χ2n) is 6.41. The molecule has 1 heterocycles. The highest BCUT2D eigenvalue weighted by Gasteiger charge is 2.34. The molecule has 0 saturated carbocycles. The van der Waals surface area contributed by atoms with Crippen LogP contribution in [0.1, 0.15) is 44.7 Å². The first-order valence-electron chi connectivity index (χ1n) is 8.11. The van der Waals surface area contributed by atoms with E-state index < -0.39 is 18.9 Å². The van der Waals surface area contributed by atoms with Crippen molar-refractivity contribution >= 4 is 81.4 Å². The fourth-order valence-corrected chi connectivity index (χ4v) is 2.24. The Morgan fingerprint density at radius 3 is 1.75 bits per heavy atom. The average molecular weight is 514 g/mol. The van der Waals surface area contributed by atoms with Gasteiger partial charge in [0.2, 0.25) is 19.4 Å². The van der Waals surface area contributed by atoms with Crippen molar-refractivity contribution in [1.82, 2.24) is 25.6 Å². The van der Waals surface area contributed by atoms with Crippen LogP contribution in [0, 0.1) is 5.41 Å². The van der Waals surface area contributed by atoms with Crippen LogP contribution in [0.3, 0.4) is 0 Å². The summed E-state index contributed by atoms with van der Waals surface area (Å²) in [6.45, 7) is 6.08. The number of aromatic nitrogens is 3. The van der Waals surface area contributed by atoms with Crippen LogP contribution in [-0.2, 0) is 23.6 Å². The molecule has 2 N–H and O–H groups in total. The van der Waals surface area contributed by atoms with Crippen LogP contribution in [0.4, 0.5) is 0 Å². The van der Waals surface area contributed by atoms with Crippen LogP contribution in [-0.4, -0.2) is 39.9 Å². The lowest BCUT2D eigenvalue weighted by Crippen LogP contribution is -2.41. The van der Waals surface area contributed by atoms with Crippen LogP contribution >= 0.6 is 69.6 Å². The summed E-state index contributed by atoms with van der Waals surface area (Å²) in [5.41, 5.74) is -0.476. The van der Waals surface area contributed by atoms with Crippen LogP contribution < -0.4 is 10.6 Å². The number of alkyl halides is 6. The van der Waals surface area contributed by atoms with Crippen LogP contribution in [0.2, 0.25) is 0 Å². The molecule has 0 fully saturated rings. The van der Waals surface area contributed by atoms with Crippen molar-refractivity contribution in [1.29, 1.82) is 0 Å². The summed E-state index contributed by atoms with van der Waals surface area (Å²) in [5, 5.41) is 5.37. The molecule has 0 saturated heterocycles. The van der Waals surface area contributed by atoms with Gasteiger partial charge in [-0.25, -0.2) is 15.0 Å². The summed E-state index contributed by atoms with van der Waals surface area (Å²) < 4.78 is -3.98. The topological polar surface area (TPSA) is 96.9 Å². The molecule has 0 radical (unpaired) electrons. The molecule has 1 aromatic heterocycles. The highest BCUT2D eigenvalue weighted by Crippen LogP contribution is 2.39. The molecule has 0 aromatic carbocycles. The van der Waals surface area contributed by atoms with Crippen molar-refractivity contribution in [3.63, 3.8) is 0 Å². The van der Waals surface area contributed by atoms with Gasteiger partial charge in [-0.05, 0) is 6.42 Å². The second kappa shape index (κ2) is 10.1. The van der Waals surface area contributed by atoms with Gasteiger partial charge < -0.3 is 10.6 Å². The van der Waals surface area contributed by atoms with Gasteiger partial charge in [-0.15, -0.1) is 0 Å². The van der Waals surface area contributed by atoms with E-state index in [-0.39, 0.29) is 42.9 Å². The Balaban J connectivity index is 2.72. The lowest BCUT2D eigenvalue weighted by Gasteiger charge is -2.21. The van der Waals surface area contributed by atoms with E-state index >= 15 is 0 Å². The summed E-state index contributed by atoms with van der Waals surface area (Å²) >= 11 is 34.7. The fourth-order valence-electron chi connectivity index (χ4n) is 1.74. The predicted octanol–water partition coefficient (Wildman–Crippen LogP) is 3.74. The lowest BCUT2D eigenvalue weighted by molar-refractivity contribution is -0.129. The molecule has 0 aliphatic rings. The fraction of sp³-hybridized carbons (Fsp3) is 0.667. The third-order valence-electron chi connectivity index (χ3n) is 3.74. The minimum Gasteiger partial charge on any atom is -0.354 e. The van der Waals surface area contributed by atoms with Crippen LogP contribution in [0.15, 0.2) is 0 Å². The molecule has 0 spiro atoms. The van der Waals surface area contributed by atoms with Gasteiger partial charge in [0.05, 0.1) is 6.42 Å². The lowest BCUT2D eigenvalue weighted by atomic mass is 9.89. The minimum atomic E-state index is -1.99. The van der Waals surface area contributed by atoms with Gasteiger partial charge in [0.25, 0.3) is 0 Å². The first kappa shape index (κ1) is 25.7. The average Bonchev–Trinajstić information content (AvgIpc) is 2.56. The van der Waals surface area contributed by atoms with Gasteiger partial charge in [-0.1, -0.05) is 90.4 Å². The Morgan fingerprint density at radius 2 is 1.32 bits per heavy atom. The van der Waals surface area contributed by atoms with Gasteiger partial charge in [0.1, 0.15) is 5.82 Å². The maximum atomic E-state index is 12.1. The molecule has 0 bridgehead atoms. The van der Waals surface area contributed by atoms with Gasteiger partial charge in [0.15, 0.2) is 11.6 Å². The van der Waals surface area contributed by atoms with E-state index in [1.54, 1.807) is 0 Å². The van der Waals surface area contributed by atoms with E-state index in [2.05, 4.69) is 25.6 Å². The predicted molar refractivity (Wildman–Crippen MR) is 112 cm³/mol. The monoisotopic (exact) mass is 511 g/mol.